The van der Waals surface area contributed by atoms with Gasteiger partial charge in [0.05, 0.1) is 6.54 Å². The molecule has 0 bridgehead atoms. The van der Waals surface area contributed by atoms with E-state index in [0.29, 0.717) is 0 Å². The lowest BCUT2D eigenvalue weighted by atomic mass is 9.90. The number of aromatic nitrogens is 2. The molecule has 0 saturated carbocycles. The highest BCUT2D eigenvalue weighted by molar-refractivity contribution is 6.32. The van der Waals surface area contributed by atoms with Crippen LogP contribution in [0.1, 0.15) is 25.3 Å². The van der Waals surface area contributed by atoms with Crippen molar-refractivity contribution in [1.29, 1.82) is 0 Å². The number of rotatable bonds is 5. The second-order valence-electron chi connectivity index (χ2n) is 10.0. The molecule has 0 N–H and O–H groups in total. The minimum absolute atomic E-state index is 0.875. The summed E-state index contributed by atoms with van der Waals surface area (Å²) in [5.74, 6) is 0. The van der Waals surface area contributed by atoms with Crippen molar-refractivity contribution >= 4 is 53.9 Å². The van der Waals surface area contributed by atoms with Gasteiger partial charge in [0.15, 0.2) is 0 Å². The molecule has 0 aliphatic heterocycles. The molecule has 0 unspecified atom stereocenters. The predicted octanol–water partition coefficient (Wildman–Crippen LogP) is 8.39. The molecule has 0 fully saturated rings. The van der Waals surface area contributed by atoms with Crippen molar-refractivity contribution in [1.82, 2.24) is 4.57 Å². The number of nitrogens with zero attached hydrogens (tertiary/aromatic N) is 2. The van der Waals surface area contributed by atoms with Gasteiger partial charge in [0.25, 0.3) is 0 Å². The van der Waals surface area contributed by atoms with E-state index in [4.69, 9.17) is 0 Å². The molecule has 2 heteroatoms. The lowest BCUT2D eigenvalue weighted by Crippen LogP contribution is -2.31. The molecule has 0 amide bonds. The number of imidazole rings is 1. The van der Waals surface area contributed by atoms with E-state index in [1.807, 2.05) is 0 Å². The molecule has 1 aromatic heterocycles. The Kier molecular flexibility index (Phi) is 4.99. The molecule has 36 heavy (non-hydrogen) atoms. The average Bonchev–Trinajstić information content (AvgIpc) is 3.37. The summed E-state index contributed by atoms with van der Waals surface area (Å²) in [5, 5.41) is 13.2. The summed E-state index contributed by atoms with van der Waals surface area (Å²) in [6, 6.07) is 33.9. The SMILES string of the molecule is CCCCn1cc[n+](Cc2ccc3ccc4ccc5ccc6ccc7ccccc7c6c5c4c3c2)c1. The van der Waals surface area contributed by atoms with Gasteiger partial charge in [-0.3, -0.25) is 0 Å². The largest absolute Gasteiger partial charge is 0.244 e. The third kappa shape index (κ3) is 3.45. The predicted molar refractivity (Wildman–Crippen MR) is 153 cm³/mol. The molecule has 6 aromatic carbocycles. The Labute approximate surface area is 211 Å². The van der Waals surface area contributed by atoms with Gasteiger partial charge in [0.1, 0.15) is 18.9 Å². The third-order valence-corrected chi connectivity index (χ3v) is 7.63. The van der Waals surface area contributed by atoms with Crippen molar-refractivity contribution in [2.45, 2.75) is 32.9 Å². The maximum atomic E-state index is 2.41. The van der Waals surface area contributed by atoms with E-state index in [2.05, 4.69) is 126 Å². The molecule has 174 valence electrons. The Morgan fingerprint density at radius 1 is 0.639 bits per heavy atom. The third-order valence-electron chi connectivity index (χ3n) is 7.63. The molecule has 7 rings (SSSR count). The van der Waals surface area contributed by atoms with E-state index in [1.165, 1.54) is 72.3 Å². The summed E-state index contributed by atoms with van der Waals surface area (Å²) in [4.78, 5) is 0. The summed E-state index contributed by atoms with van der Waals surface area (Å²) in [5.41, 5.74) is 1.33. The number of fused-ring (bicyclic) bond motifs is 9. The Morgan fingerprint density at radius 3 is 2.00 bits per heavy atom. The molecule has 0 saturated heterocycles. The monoisotopic (exact) mass is 465 g/mol. The van der Waals surface area contributed by atoms with E-state index in [-0.39, 0.29) is 0 Å². The Morgan fingerprint density at radius 2 is 1.25 bits per heavy atom. The maximum Gasteiger partial charge on any atom is 0.244 e. The molecule has 0 aliphatic rings. The smallest absolute Gasteiger partial charge is 0.237 e. The first-order valence-electron chi connectivity index (χ1n) is 13.0. The summed E-state index contributed by atoms with van der Waals surface area (Å²) >= 11 is 0. The second-order valence-corrected chi connectivity index (χ2v) is 10.0. The number of hydrogen-bond acceptors (Lipinski definition) is 0. The van der Waals surface area contributed by atoms with Gasteiger partial charge in [-0.1, -0.05) is 98.3 Å². The number of unbranched alkanes of at least 4 members (excludes halogenated alkanes) is 1. The fraction of sp³-hybridized carbons (Fsp3) is 0.147. The zero-order chi connectivity index (χ0) is 24.1. The van der Waals surface area contributed by atoms with Crippen molar-refractivity contribution in [2.24, 2.45) is 0 Å². The van der Waals surface area contributed by atoms with Gasteiger partial charge in [-0.15, -0.1) is 0 Å². The maximum absolute atomic E-state index is 2.41. The van der Waals surface area contributed by atoms with E-state index < -0.39 is 0 Å². The minimum atomic E-state index is 0.875. The van der Waals surface area contributed by atoms with Gasteiger partial charge in [0.2, 0.25) is 6.33 Å². The average molecular weight is 466 g/mol. The van der Waals surface area contributed by atoms with Crippen LogP contribution in [-0.2, 0) is 13.1 Å². The summed E-state index contributed by atoms with van der Waals surface area (Å²) in [6.45, 7) is 4.20. The van der Waals surface area contributed by atoms with Crippen LogP contribution in [0.5, 0.6) is 0 Å². The quantitative estimate of drug-likeness (QED) is 0.178. The van der Waals surface area contributed by atoms with Crippen LogP contribution in [-0.4, -0.2) is 4.57 Å². The van der Waals surface area contributed by atoms with Gasteiger partial charge >= 0.3 is 0 Å². The zero-order valence-corrected chi connectivity index (χ0v) is 20.6. The summed E-state index contributed by atoms with van der Waals surface area (Å²) in [7, 11) is 0. The van der Waals surface area contributed by atoms with Crippen molar-refractivity contribution in [3.63, 3.8) is 0 Å². The van der Waals surface area contributed by atoms with Gasteiger partial charge in [-0.25, -0.2) is 9.13 Å². The summed E-state index contributed by atoms with van der Waals surface area (Å²) in [6.07, 6.45) is 9.05. The molecule has 1 heterocycles. The van der Waals surface area contributed by atoms with Crippen LogP contribution in [0.4, 0.5) is 0 Å². The van der Waals surface area contributed by atoms with Gasteiger partial charge in [0, 0.05) is 0 Å². The van der Waals surface area contributed by atoms with Gasteiger partial charge in [-0.05, 0) is 71.9 Å². The van der Waals surface area contributed by atoms with E-state index in [1.54, 1.807) is 0 Å². The van der Waals surface area contributed by atoms with Gasteiger partial charge < -0.3 is 0 Å². The molecular formula is C34H29N2+. The lowest BCUT2D eigenvalue weighted by Gasteiger charge is -2.13. The standard InChI is InChI=1S/C34H29N2/c1-2-3-18-35-19-20-36(23-35)22-24-8-9-26-11-13-28-15-17-29-16-14-27-12-10-25-6-4-5-7-30(25)32(27)34(29)33(28)31(26)21-24/h4-17,19-21,23H,2-3,18,22H2,1H3/q+1. The van der Waals surface area contributed by atoms with Crippen LogP contribution in [0.25, 0.3) is 53.9 Å². The van der Waals surface area contributed by atoms with Crippen LogP contribution in [0.3, 0.4) is 0 Å². The van der Waals surface area contributed by atoms with Crippen LogP contribution < -0.4 is 4.57 Å². The molecular weight excluding hydrogens is 436 g/mol. The Bertz CT molecular complexity index is 1890. The van der Waals surface area contributed by atoms with Crippen LogP contribution in [0.15, 0.2) is 110 Å². The van der Waals surface area contributed by atoms with Gasteiger partial charge in [-0.2, -0.15) is 0 Å². The highest BCUT2D eigenvalue weighted by Crippen LogP contribution is 2.39. The first-order chi connectivity index (χ1) is 17.8. The summed E-state index contributed by atoms with van der Waals surface area (Å²) < 4.78 is 4.59. The van der Waals surface area contributed by atoms with Crippen molar-refractivity contribution in [2.75, 3.05) is 0 Å². The first-order valence-corrected chi connectivity index (χ1v) is 13.0. The van der Waals surface area contributed by atoms with E-state index in [9.17, 15) is 0 Å². The Hall–Kier alpha value is -4.17. The highest BCUT2D eigenvalue weighted by atomic mass is 15.1. The minimum Gasteiger partial charge on any atom is -0.237 e. The zero-order valence-electron chi connectivity index (χ0n) is 20.6. The van der Waals surface area contributed by atoms with Crippen molar-refractivity contribution < 1.29 is 4.57 Å². The fourth-order valence-corrected chi connectivity index (χ4v) is 5.82. The van der Waals surface area contributed by atoms with Crippen LogP contribution in [0.2, 0.25) is 0 Å². The van der Waals surface area contributed by atoms with Crippen LogP contribution in [0, 0.1) is 0 Å². The normalized spacial score (nSPS) is 11.9. The molecule has 2 nitrogen and oxygen atoms in total. The molecule has 0 aliphatic carbocycles. The molecule has 0 radical (unpaired) electrons. The topological polar surface area (TPSA) is 8.81 Å². The number of aryl methyl sites for hydroxylation is 1. The van der Waals surface area contributed by atoms with E-state index in [0.717, 1.165) is 13.1 Å². The van der Waals surface area contributed by atoms with E-state index >= 15 is 0 Å². The molecule has 0 atom stereocenters. The molecule has 7 aromatic rings. The number of benzene rings is 6. The Balaban J connectivity index is 1.49. The van der Waals surface area contributed by atoms with Crippen molar-refractivity contribution in [3.05, 3.63) is 115 Å². The van der Waals surface area contributed by atoms with Crippen LogP contribution >= 0.6 is 0 Å². The van der Waals surface area contributed by atoms with Crippen molar-refractivity contribution in [3.8, 4) is 0 Å². The molecule has 0 spiro atoms. The second kappa shape index (κ2) is 8.49. The number of hydrogen-bond donors (Lipinski definition) is 0. The fourth-order valence-electron chi connectivity index (χ4n) is 5.82. The first kappa shape index (κ1) is 21.1. The highest BCUT2D eigenvalue weighted by Gasteiger charge is 2.12. The lowest BCUT2D eigenvalue weighted by molar-refractivity contribution is -0.687.